The van der Waals surface area contributed by atoms with Crippen molar-refractivity contribution < 1.29 is 19.4 Å². The van der Waals surface area contributed by atoms with E-state index in [-0.39, 0.29) is 17.0 Å². The molecular formula is C30H35N3O4. The van der Waals surface area contributed by atoms with E-state index in [0.717, 1.165) is 25.1 Å². The molecule has 0 bridgehead atoms. The number of aromatic carboxylic acids is 1. The lowest BCUT2D eigenvalue weighted by molar-refractivity contribution is 0.0697. The summed E-state index contributed by atoms with van der Waals surface area (Å²) in [5.41, 5.74) is 4.81. The van der Waals surface area contributed by atoms with Crippen LogP contribution in [-0.2, 0) is 6.42 Å². The monoisotopic (exact) mass is 501 g/mol. The molecular weight excluding hydrogens is 466 g/mol. The summed E-state index contributed by atoms with van der Waals surface area (Å²) < 4.78 is 6.02. The fourth-order valence-corrected chi connectivity index (χ4v) is 4.56. The molecule has 0 fully saturated rings. The van der Waals surface area contributed by atoms with Crippen molar-refractivity contribution in [3.63, 3.8) is 0 Å². The Morgan fingerprint density at radius 1 is 0.946 bits per heavy atom. The summed E-state index contributed by atoms with van der Waals surface area (Å²) in [4.78, 5) is 26.6. The van der Waals surface area contributed by atoms with E-state index >= 15 is 0 Å². The van der Waals surface area contributed by atoms with Crippen LogP contribution >= 0.6 is 0 Å². The number of anilines is 3. The molecule has 0 saturated heterocycles. The molecule has 1 aliphatic rings. The molecule has 1 amide bonds. The number of ether oxygens (including phenoxy) is 1. The predicted molar refractivity (Wildman–Crippen MR) is 148 cm³/mol. The summed E-state index contributed by atoms with van der Waals surface area (Å²) in [5, 5.41) is 15.5. The molecule has 1 aliphatic heterocycles. The number of nitrogens with zero attached hydrogens (tertiary/aromatic N) is 1. The Bertz CT molecular complexity index is 1280. The van der Waals surface area contributed by atoms with Gasteiger partial charge in [-0.15, -0.1) is 0 Å². The minimum atomic E-state index is -1.13. The number of benzene rings is 3. The van der Waals surface area contributed by atoms with Crippen molar-refractivity contribution in [2.24, 2.45) is 0 Å². The van der Waals surface area contributed by atoms with Gasteiger partial charge in [0, 0.05) is 31.4 Å². The zero-order valence-electron chi connectivity index (χ0n) is 21.8. The van der Waals surface area contributed by atoms with E-state index in [4.69, 9.17) is 4.74 Å². The van der Waals surface area contributed by atoms with Crippen LogP contribution in [0.3, 0.4) is 0 Å². The van der Waals surface area contributed by atoms with E-state index in [9.17, 15) is 14.7 Å². The topological polar surface area (TPSA) is 90.9 Å². The molecule has 3 aromatic rings. The van der Waals surface area contributed by atoms with Crippen LogP contribution in [0.25, 0.3) is 0 Å². The van der Waals surface area contributed by atoms with E-state index in [1.54, 1.807) is 6.07 Å². The molecule has 0 atom stereocenters. The standard InChI is InChI=1S/C30H35N3O4/c1-4-6-13-33(14-7-5-2)23-10-8-9-20(16-23)15-21-11-12-26-25(17-21)32-28-24(30(35)36)18-22(29(34)31-3)19-27(28)37-26/h8-12,16-19,32H,4-7,13-15H2,1-3H3,(H,31,34)(H,35,36). The molecule has 3 N–H and O–H groups in total. The third kappa shape index (κ3) is 6.05. The van der Waals surface area contributed by atoms with Gasteiger partial charge in [0.05, 0.1) is 16.9 Å². The second-order valence-corrected chi connectivity index (χ2v) is 9.38. The van der Waals surface area contributed by atoms with E-state index in [1.807, 2.05) is 18.2 Å². The number of carboxylic acid groups (broad SMARTS) is 1. The Hall–Kier alpha value is -4.00. The van der Waals surface area contributed by atoms with Crippen molar-refractivity contribution in [3.05, 3.63) is 76.9 Å². The minimum Gasteiger partial charge on any atom is -0.478 e. The second-order valence-electron chi connectivity index (χ2n) is 9.38. The molecule has 4 rings (SSSR count). The van der Waals surface area contributed by atoms with Gasteiger partial charge in [-0.2, -0.15) is 0 Å². The first-order valence-corrected chi connectivity index (χ1v) is 13.0. The van der Waals surface area contributed by atoms with Gasteiger partial charge in [0.15, 0.2) is 11.5 Å². The Balaban J connectivity index is 1.57. The molecule has 3 aromatic carbocycles. The quantitative estimate of drug-likeness (QED) is 0.215. The number of nitrogens with one attached hydrogen (secondary N) is 2. The van der Waals surface area contributed by atoms with Gasteiger partial charge in [-0.25, -0.2) is 4.79 Å². The van der Waals surface area contributed by atoms with Crippen LogP contribution in [-0.4, -0.2) is 37.1 Å². The first kappa shape index (κ1) is 26.1. The highest BCUT2D eigenvalue weighted by molar-refractivity contribution is 6.03. The normalized spacial score (nSPS) is 11.5. The van der Waals surface area contributed by atoms with E-state index in [0.29, 0.717) is 22.9 Å². The maximum atomic E-state index is 12.1. The lowest BCUT2D eigenvalue weighted by Gasteiger charge is -2.25. The number of carbonyl (C=O) groups excluding carboxylic acids is 1. The molecule has 1 heterocycles. The van der Waals surface area contributed by atoms with Crippen LogP contribution in [0.1, 0.15) is 71.4 Å². The molecule has 0 radical (unpaired) electrons. The summed E-state index contributed by atoms with van der Waals surface area (Å²) >= 11 is 0. The van der Waals surface area contributed by atoms with Crippen molar-refractivity contribution in [2.75, 3.05) is 30.4 Å². The van der Waals surface area contributed by atoms with Crippen molar-refractivity contribution in [3.8, 4) is 11.5 Å². The number of hydrogen-bond acceptors (Lipinski definition) is 5. The highest BCUT2D eigenvalue weighted by Crippen LogP contribution is 2.44. The number of amides is 1. The van der Waals surface area contributed by atoms with Crippen LogP contribution in [0.15, 0.2) is 54.6 Å². The molecule has 37 heavy (non-hydrogen) atoms. The molecule has 0 saturated carbocycles. The molecule has 194 valence electrons. The lowest BCUT2D eigenvalue weighted by atomic mass is 10.0. The fraction of sp³-hybridized carbons (Fsp3) is 0.333. The highest BCUT2D eigenvalue weighted by Gasteiger charge is 2.25. The summed E-state index contributed by atoms with van der Waals surface area (Å²) in [7, 11) is 1.50. The van der Waals surface area contributed by atoms with Crippen molar-refractivity contribution in [1.82, 2.24) is 5.32 Å². The zero-order chi connectivity index (χ0) is 26.4. The molecule has 0 spiro atoms. The van der Waals surface area contributed by atoms with Gasteiger partial charge >= 0.3 is 5.97 Å². The van der Waals surface area contributed by atoms with Crippen LogP contribution in [0, 0.1) is 0 Å². The number of hydrogen-bond donors (Lipinski definition) is 3. The largest absolute Gasteiger partial charge is 0.478 e. The Morgan fingerprint density at radius 3 is 2.35 bits per heavy atom. The van der Waals surface area contributed by atoms with Crippen LogP contribution in [0.2, 0.25) is 0 Å². The van der Waals surface area contributed by atoms with Crippen molar-refractivity contribution in [2.45, 2.75) is 46.0 Å². The summed E-state index contributed by atoms with van der Waals surface area (Å²) in [6.45, 7) is 6.57. The van der Waals surface area contributed by atoms with Gasteiger partial charge < -0.3 is 25.4 Å². The number of fused-ring (bicyclic) bond motifs is 2. The average Bonchev–Trinajstić information content (AvgIpc) is 2.91. The summed E-state index contributed by atoms with van der Waals surface area (Å²) in [6.07, 6.45) is 5.44. The minimum absolute atomic E-state index is 0.0147. The zero-order valence-corrected chi connectivity index (χ0v) is 21.8. The first-order valence-electron chi connectivity index (χ1n) is 13.0. The third-order valence-corrected chi connectivity index (χ3v) is 6.59. The number of unbranched alkanes of at least 4 members (excludes halogenated alkanes) is 2. The van der Waals surface area contributed by atoms with Gasteiger partial charge in [-0.1, -0.05) is 44.9 Å². The number of rotatable bonds is 11. The van der Waals surface area contributed by atoms with Crippen molar-refractivity contribution >= 4 is 28.9 Å². The van der Waals surface area contributed by atoms with Gasteiger partial charge in [-0.05, 0) is 66.8 Å². The Labute approximate surface area is 218 Å². The highest BCUT2D eigenvalue weighted by atomic mass is 16.5. The molecule has 0 unspecified atom stereocenters. The van der Waals surface area contributed by atoms with Crippen LogP contribution < -0.4 is 20.3 Å². The van der Waals surface area contributed by atoms with Crippen LogP contribution in [0.5, 0.6) is 11.5 Å². The molecule has 0 aromatic heterocycles. The Morgan fingerprint density at radius 2 is 1.68 bits per heavy atom. The van der Waals surface area contributed by atoms with E-state index < -0.39 is 5.97 Å². The van der Waals surface area contributed by atoms with Gasteiger partial charge in [0.25, 0.3) is 5.91 Å². The summed E-state index contributed by atoms with van der Waals surface area (Å²) in [5.74, 6) is -0.614. The van der Waals surface area contributed by atoms with Gasteiger partial charge in [0.2, 0.25) is 0 Å². The van der Waals surface area contributed by atoms with Crippen LogP contribution in [0.4, 0.5) is 17.1 Å². The van der Waals surface area contributed by atoms with E-state index in [1.165, 1.54) is 50.0 Å². The van der Waals surface area contributed by atoms with Gasteiger partial charge in [-0.3, -0.25) is 4.79 Å². The third-order valence-electron chi connectivity index (χ3n) is 6.59. The maximum absolute atomic E-state index is 12.1. The predicted octanol–water partition coefficient (Wildman–Crippen LogP) is 6.59. The summed E-state index contributed by atoms with van der Waals surface area (Å²) in [6, 6.07) is 17.5. The lowest BCUT2D eigenvalue weighted by Crippen LogP contribution is -2.25. The second kappa shape index (κ2) is 11.8. The van der Waals surface area contributed by atoms with Gasteiger partial charge in [0.1, 0.15) is 0 Å². The molecule has 0 aliphatic carbocycles. The molecule has 7 heteroatoms. The maximum Gasteiger partial charge on any atom is 0.337 e. The van der Waals surface area contributed by atoms with Crippen molar-refractivity contribution in [1.29, 1.82) is 0 Å². The van der Waals surface area contributed by atoms with E-state index in [2.05, 4.69) is 53.6 Å². The molecule has 7 nitrogen and oxygen atoms in total. The average molecular weight is 502 g/mol. The number of carbonyl (C=O) groups is 2. The number of carboxylic acids is 1. The first-order chi connectivity index (χ1) is 17.9. The fourth-order valence-electron chi connectivity index (χ4n) is 4.56. The smallest absolute Gasteiger partial charge is 0.337 e. The Kier molecular flexibility index (Phi) is 8.33. The SMILES string of the molecule is CCCCN(CCCC)c1cccc(Cc2ccc3c(c2)Nc2c(cc(C(=O)NC)cc2C(=O)O)O3)c1.